The van der Waals surface area contributed by atoms with Crippen LogP contribution in [0, 0.1) is 11.3 Å². The van der Waals surface area contributed by atoms with Gasteiger partial charge < -0.3 is 0 Å². The molecule has 0 heterocycles. The fourth-order valence-corrected chi connectivity index (χ4v) is 2.06. The molecule has 0 N–H and O–H groups in total. The number of benzene rings is 2. The van der Waals surface area contributed by atoms with E-state index in [2.05, 4.69) is 37.3 Å². The third kappa shape index (κ3) is 2.78. The molecule has 0 amide bonds. The van der Waals surface area contributed by atoms with Crippen molar-refractivity contribution in [2.24, 2.45) is 0 Å². The van der Waals surface area contributed by atoms with Gasteiger partial charge >= 0.3 is 0 Å². The second-order valence-corrected chi connectivity index (χ2v) is 4.46. The van der Waals surface area contributed by atoms with Crippen LogP contribution >= 0.6 is 0 Å². The van der Waals surface area contributed by atoms with Crippen molar-refractivity contribution in [3.05, 3.63) is 59.7 Å². The Morgan fingerprint density at radius 3 is 2.39 bits per heavy atom. The molecule has 0 radical (unpaired) electrons. The van der Waals surface area contributed by atoms with Crippen LogP contribution in [0.4, 0.5) is 0 Å². The smallest absolute Gasteiger partial charge is 0.0998 e. The van der Waals surface area contributed by atoms with E-state index in [9.17, 15) is 0 Å². The van der Waals surface area contributed by atoms with Crippen molar-refractivity contribution >= 4 is 0 Å². The summed E-state index contributed by atoms with van der Waals surface area (Å²) in [4.78, 5) is 0. The summed E-state index contributed by atoms with van der Waals surface area (Å²) in [6, 6.07) is 18.5. The molecule has 0 saturated heterocycles. The standard InChI is InChI=1S/C17H17N/c1-2-3-6-14-9-11-15(12-10-14)17-8-5-4-7-16(17)13-18/h4-5,7-12H,2-3,6H2,1H3. The molecule has 2 aromatic carbocycles. The Morgan fingerprint density at radius 2 is 1.72 bits per heavy atom. The Labute approximate surface area is 109 Å². The Balaban J connectivity index is 2.27. The highest BCUT2D eigenvalue weighted by molar-refractivity contribution is 5.70. The monoisotopic (exact) mass is 235 g/mol. The first-order valence-corrected chi connectivity index (χ1v) is 6.43. The maximum Gasteiger partial charge on any atom is 0.0998 e. The minimum Gasteiger partial charge on any atom is -0.192 e. The van der Waals surface area contributed by atoms with Gasteiger partial charge in [0.25, 0.3) is 0 Å². The van der Waals surface area contributed by atoms with Gasteiger partial charge in [0.2, 0.25) is 0 Å². The van der Waals surface area contributed by atoms with Crippen molar-refractivity contribution < 1.29 is 0 Å². The summed E-state index contributed by atoms with van der Waals surface area (Å²) in [6.45, 7) is 2.21. The summed E-state index contributed by atoms with van der Waals surface area (Å²) in [5, 5.41) is 9.10. The summed E-state index contributed by atoms with van der Waals surface area (Å²) in [7, 11) is 0. The van der Waals surface area contributed by atoms with Crippen molar-refractivity contribution in [3.8, 4) is 17.2 Å². The lowest BCUT2D eigenvalue weighted by molar-refractivity contribution is 0.795. The lowest BCUT2D eigenvalue weighted by Gasteiger charge is -2.05. The Hall–Kier alpha value is -2.07. The van der Waals surface area contributed by atoms with Crippen LogP contribution in [0.1, 0.15) is 30.9 Å². The van der Waals surface area contributed by atoms with Gasteiger partial charge in [0.05, 0.1) is 11.6 Å². The molecule has 0 aromatic heterocycles. The minimum atomic E-state index is 0.735. The fourth-order valence-electron chi connectivity index (χ4n) is 2.06. The summed E-state index contributed by atoms with van der Waals surface area (Å²) in [5.41, 5.74) is 4.24. The zero-order chi connectivity index (χ0) is 12.8. The van der Waals surface area contributed by atoms with Gasteiger partial charge in [-0.05, 0) is 35.6 Å². The molecule has 0 atom stereocenters. The van der Waals surface area contributed by atoms with Gasteiger partial charge in [-0.15, -0.1) is 0 Å². The Kier molecular flexibility index (Phi) is 4.15. The maximum atomic E-state index is 9.10. The van der Waals surface area contributed by atoms with Crippen LogP contribution in [0.15, 0.2) is 48.5 Å². The Morgan fingerprint density at radius 1 is 1.00 bits per heavy atom. The molecule has 0 unspecified atom stereocenters. The first-order chi connectivity index (χ1) is 8.85. The number of hydrogen-bond acceptors (Lipinski definition) is 1. The van der Waals surface area contributed by atoms with Crippen LogP contribution in [-0.4, -0.2) is 0 Å². The van der Waals surface area contributed by atoms with Gasteiger partial charge in [0, 0.05) is 0 Å². The largest absolute Gasteiger partial charge is 0.192 e. The SMILES string of the molecule is CCCCc1ccc(-c2ccccc2C#N)cc1. The normalized spacial score (nSPS) is 10.0. The van der Waals surface area contributed by atoms with Crippen molar-refractivity contribution in [1.29, 1.82) is 5.26 Å². The van der Waals surface area contributed by atoms with E-state index in [1.165, 1.54) is 18.4 Å². The van der Waals surface area contributed by atoms with E-state index >= 15 is 0 Å². The highest BCUT2D eigenvalue weighted by Gasteiger charge is 2.03. The van der Waals surface area contributed by atoms with Crippen LogP contribution in [0.2, 0.25) is 0 Å². The molecule has 0 aliphatic carbocycles. The summed E-state index contributed by atoms with van der Waals surface area (Å²) in [5.74, 6) is 0. The van der Waals surface area contributed by atoms with Crippen molar-refractivity contribution in [2.45, 2.75) is 26.2 Å². The number of nitriles is 1. The average molecular weight is 235 g/mol. The summed E-state index contributed by atoms with van der Waals surface area (Å²) >= 11 is 0. The molecule has 1 nitrogen and oxygen atoms in total. The third-order valence-corrected chi connectivity index (χ3v) is 3.13. The van der Waals surface area contributed by atoms with Gasteiger partial charge in [-0.25, -0.2) is 0 Å². The quantitative estimate of drug-likeness (QED) is 0.761. The van der Waals surface area contributed by atoms with Gasteiger partial charge in [0.15, 0.2) is 0 Å². The summed E-state index contributed by atoms with van der Waals surface area (Å²) < 4.78 is 0. The molecule has 90 valence electrons. The minimum absolute atomic E-state index is 0.735. The molecule has 0 fully saturated rings. The van der Waals surface area contributed by atoms with Crippen molar-refractivity contribution in [3.63, 3.8) is 0 Å². The lowest BCUT2D eigenvalue weighted by atomic mass is 9.98. The predicted octanol–water partition coefficient (Wildman–Crippen LogP) is 4.57. The second kappa shape index (κ2) is 6.02. The van der Waals surface area contributed by atoms with Crippen LogP contribution in [0.5, 0.6) is 0 Å². The molecule has 2 aromatic rings. The molecular weight excluding hydrogens is 218 g/mol. The molecular formula is C17H17N. The molecule has 0 spiro atoms. The molecule has 0 aliphatic heterocycles. The molecule has 0 bridgehead atoms. The summed E-state index contributed by atoms with van der Waals surface area (Å²) in [6.07, 6.45) is 3.59. The number of aryl methyl sites for hydroxylation is 1. The molecule has 0 saturated carbocycles. The van der Waals surface area contributed by atoms with Gasteiger partial charge in [-0.1, -0.05) is 55.8 Å². The molecule has 2 rings (SSSR count). The van der Waals surface area contributed by atoms with E-state index in [0.717, 1.165) is 23.1 Å². The number of unbranched alkanes of at least 4 members (excludes halogenated alkanes) is 1. The average Bonchev–Trinajstić information content (AvgIpc) is 2.45. The van der Waals surface area contributed by atoms with E-state index in [1.54, 1.807) is 0 Å². The van der Waals surface area contributed by atoms with E-state index < -0.39 is 0 Å². The number of nitrogens with zero attached hydrogens (tertiary/aromatic N) is 1. The topological polar surface area (TPSA) is 23.8 Å². The van der Waals surface area contributed by atoms with Gasteiger partial charge in [0.1, 0.15) is 0 Å². The first kappa shape index (κ1) is 12.4. The Bertz CT molecular complexity index is 547. The predicted molar refractivity (Wildman–Crippen MR) is 75.2 cm³/mol. The van der Waals surface area contributed by atoms with Gasteiger partial charge in [-0.2, -0.15) is 5.26 Å². The van der Waals surface area contributed by atoms with Crippen LogP contribution in [0.3, 0.4) is 0 Å². The highest BCUT2D eigenvalue weighted by atomic mass is 14.2. The van der Waals surface area contributed by atoms with E-state index in [1.807, 2.05) is 24.3 Å². The second-order valence-electron chi connectivity index (χ2n) is 4.46. The van der Waals surface area contributed by atoms with E-state index in [0.29, 0.717) is 0 Å². The lowest BCUT2D eigenvalue weighted by Crippen LogP contribution is -1.87. The van der Waals surface area contributed by atoms with Gasteiger partial charge in [-0.3, -0.25) is 0 Å². The van der Waals surface area contributed by atoms with Crippen LogP contribution < -0.4 is 0 Å². The molecule has 18 heavy (non-hydrogen) atoms. The van der Waals surface area contributed by atoms with E-state index in [-0.39, 0.29) is 0 Å². The first-order valence-electron chi connectivity index (χ1n) is 6.43. The van der Waals surface area contributed by atoms with Crippen LogP contribution in [-0.2, 0) is 6.42 Å². The molecule has 0 aliphatic rings. The number of rotatable bonds is 4. The zero-order valence-corrected chi connectivity index (χ0v) is 10.7. The highest BCUT2D eigenvalue weighted by Crippen LogP contribution is 2.23. The zero-order valence-electron chi connectivity index (χ0n) is 10.7. The fraction of sp³-hybridized carbons (Fsp3) is 0.235. The van der Waals surface area contributed by atoms with Crippen molar-refractivity contribution in [1.82, 2.24) is 0 Å². The number of hydrogen-bond donors (Lipinski definition) is 0. The van der Waals surface area contributed by atoms with Crippen LogP contribution in [0.25, 0.3) is 11.1 Å². The maximum absolute atomic E-state index is 9.10. The van der Waals surface area contributed by atoms with E-state index in [4.69, 9.17) is 5.26 Å². The molecule has 1 heteroatoms. The van der Waals surface area contributed by atoms with Crippen molar-refractivity contribution in [2.75, 3.05) is 0 Å². The third-order valence-electron chi connectivity index (χ3n) is 3.13.